The van der Waals surface area contributed by atoms with Gasteiger partial charge in [0, 0.05) is 12.5 Å². The second-order valence-corrected chi connectivity index (χ2v) is 6.42. The molecule has 4 rings (SSSR count). The molecule has 1 saturated heterocycles. The van der Waals surface area contributed by atoms with E-state index in [9.17, 15) is 15.2 Å². The van der Waals surface area contributed by atoms with E-state index in [-0.39, 0.29) is 24.7 Å². The summed E-state index contributed by atoms with van der Waals surface area (Å²) in [5, 5.41) is 21.4. The third-order valence-corrected chi connectivity index (χ3v) is 4.63. The minimum absolute atomic E-state index is 0.00424. The quantitative estimate of drug-likeness (QED) is 0.470. The maximum absolute atomic E-state index is 11.1. The molecule has 28 heavy (non-hydrogen) atoms. The van der Waals surface area contributed by atoms with Crippen molar-refractivity contribution in [1.82, 2.24) is 19.5 Å². The number of anilines is 1. The van der Waals surface area contributed by atoms with Gasteiger partial charge in [-0.1, -0.05) is 12.1 Å². The molecule has 2 aromatic heterocycles. The van der Waals surface area contributed by atoms with Crippen LogP contribution in [0.5, 0.6) is 0 Å². The number of nitrogens with zero attached hydrogens (tertiary/aromatic N) is 5. The number of aliphatic hydroxyl groups is 1. The molecule has 3 aromatic rings. The van der Waals surface area contributed by atoms with E-state index in [1.54, 1.807) is 29.1 Å². The zero-order chi connectivity index (χ0) is 19.7. The first-order chi connectivity index (χ1) is 13.5. The Balaban J connectivity index is 1.41. The highest BCUT2D eigenvalue weighted by Gasteiger charge is 2.36. The van der Waals surface area contributed by atoms with Crippen molar-refractivity contribution in [3.63, 3.8) is 0 Å². The summed E-state index contributed by atoms with van der Waals surface area (Å²) in [7, 11) is 0. The normalized spacial score (nSPS) is 22.0. The fourth-order valence-electron chi connectivity index (χ4n) is 3.21. The van der Waals surface area contributed by atoms with E-state index in [4.69, 9.17) is 15.2 Å². The smallest absolute Gasteiger partial charge is 0.274 e. The van der Waals surface area contributed by atoms with Crippen LogP contribution in [-0.2, 0) is 16.1 Å². The number of nitro benzene ring substituents is 1. The Bertz CT molecular complexity index is 1010. The second kappa shape index (κ2) is 7.46. The minimum Gasteiger partial charge on any atom is -0.390 e. The number of nitro groups is 1. The van der Waals surface area contributed by atoms with Gasteiger partial charge < -0.3 is 20.3 Å². The van der Waals surface area contributed by atoms with Crippen LogP contribution in [0.25, 0.3) is 11.2 Å². The standard InChI is InChI=1S/C17H18N6O5/c18-16-15-17(20-8-19-16)22(9-21-15)14-5-12(24)13(28-14)7-27-6-10-3-1-2-4-11(10)23(25)26/h1-4,8-9,12-14,24H,5-7H2,(H2,18,19,20)/t12-,13+,14+/m0/s1. The molecule has 3 N–H and O–H groups in total. The Morgan fingerprint density at radius 3 is 3.00 bits per heavy atom. The van der Waals surface area contributed by atoms with Gasteiger partial charge in [0.1, 0.15) is 24.2 Å². The number of aliphatic hydroxyl groups excluding tert-OH is 1. The largest absolute Gasteiger partial charge is 0.390 e. The van der Waals surface area contributed by atoms with Crippen LogP contribution in [0.1, 0.15) is 18.2 Å². The summed E-state index contributed by atoms with van der Waals surface area (Å²) in [6.45, 7) is 0.139. The molecule has 0 bridgehead atoms. The van der Waals surface area contributed by atoms with Gasteiger partial charge in [0.2, 0.25) is 0 Å². The minimum atomic E-state index is -0.757. The van der Waals surface area contributed by atoms with Gasteiger partial charge in [-0.05, 0) is 6.07 Å². The van der Waals surface area contributed by atoms with Gasteiger partial charge in [-0.2, -0.15) is 0 Å². The molecule has 11 nitrogen and oxygen atoms in total. The molecular formula is C17H18N6O5. The summed E-state index contributed by atoms with van der Waals surface area (Å²) in [4.78, 5) is 22.9. The van der Waals surface area contributed by atoms with Crippen LogP contribution in [0.15, 0.2) is 36.9 Å². The van der Waals surface area contributed by atoms with Crippen LogP contribution in [0.3, 0.4) is 0 Å². The number of imidazole rings is 1. The van der Waals surface area contributed by atoms with Crippen LogP contribution < -0.4 is 5.73 Å². The predicted octanol–water partition coefficient (Wildman–Crippen LogP) is 1.18. The molecule has 0 saturated carbocycles. The first kappa shape index (κ1) is 18.2. The summed E-state index contributed by atoms with van der Waals surface area (Å²) in [5.74, 6) is 0.270. The number of ether oxygens (including phenoxy) is 2. The molecule has 3 heterocycles. The lowest BCUT2D eigenvalue weighted by Gasteiger charge is -2.16. The number of fused-ring (bicyclic) bond motifs is 1. The number of benzene rings is 1. The highest BCUT2D eigenvalue weighted by molar-refractivity contribution is 5.81. The molecule has 0 unspecified atom stereocenters. The third-order valence-electron chi connectivity index (χ3n) is 4.63. The summed E-state index contributed by atoms with van der Waals surface area (Å²) in [5.41, 5.74) is 7.24. The fraction of sp³-hybridized carbons (Fsp3) is 0.353. The van der Waals surface area contributed by atoms with Gasteiger partial charge in [-0.25, -0.2) is 15.0 Å². The molecule has 146 valence electrons. The van der Waals surface area contributed by atoms with Gasteiger partial charge in [-0.15, -0.1) is 0 Å². The van der Waals surface area contributed by atoms with Crippen LogP contribution in [0, 0.1) is 10.1 Å². The molecule has 1 aliphatic heterocycles. The average molecular weight is 386 g/mol. The van der Waals surface area contributed by atoms with E-state index in [0.29, 0.717) is 23.1 Å². The summed E-state index contributed by atoms with van der Waals surface area (Å²) in [6.07, 6.45) is 1.40. The van der Waals surface area contributed by atoms with E-state index in [1.807, 2.05) is 0 Å². The molecule has 11 heteroatoms. The highest BCUT2D eigenvalue weighted by Crippen LogP contribution is 2.31. The SMILES string of the molecule is Nc1ncnc2c1ncn2[C@H]1C[C@H](O)[C@@H](COCc2ccccc2[N+](=O)[O-])O1. The molecule has 0 spiro atoms. The van der Waals surface area contributed by atoms with Crippen molar-refractivity contribution in [3.05, 3.63) is 52.6 Å². The van der Waals surface area contributed by atoms with Crippen LogP contribution in [0.4, 0.5) is 11.5 Å². The highest BCUT2D eigenvalue weighted by atomic mass is 16.6. The number of hydrogen-bond acceptors (Lipinski definition) is 9. The zero-order valence-corrected chi connectivity index (χ0v) is 14.7. The fourth-order valence-corrected chi connectivity index (χ4v) is 3.21. The van der Waals surface area contributed by atoms with Crippen LogP contribution in [0.2, 0.25) is 0 Å². The Kier molecular flexibility index (Phi) is 4.86. The van der Waals surface area contributed by atoms with Crippen molar-refractivity contribution in [1.29, 1.82) is 0 Å². The first-order valence-electron chi connectivity index (χ1n) is 8.61. The van der Waals surface area contributed by atoms with Crippen molar-refractivity contribution in [2.45, 2.75) is 31.5 Å². The van der Waals surface area contributed by atoms with Crippen molar-refractivity contribution < 1.29 is 19.5 Å². The van der Waals surface area contributed by atoms with Crippen LogP contribution >= 0.6 is 0 Å². The van der Waals surface area contributed by atoms with E-state index < -0.39 is 23.4 Å². The average Bonchev–Trinajstić information content (AvgIpc) is 3.26. The lowest BCUT2D eigenvalue weighted by molar-refractivity contribution is -0.386. The zero-order valence-electron chi connectivity index (χ0n) is 14.7. The molecule has 1 aliphatic rings. The van der Waals surface area contributed by atoms with Crippen molar-refractivity contribution in [2.75, 3.05) is 12.3 Å². The van der Waals surface area contributed by atoms with E-state index >= 15 is 0 Å². The number of hydrogen-bond donors (Lipinski definition) is 2. The molecule has 3 atom stereocenters. The van der Waals surface area contributed by atoms with Gasteiger partial charge >= 0.3 is 0 Å². The maximum Gasteiger partial charge on any atom is 0.274 e. The summed E-state index contributed by atoms with van der Waals surface area (Å²) < 4.78 is 13.2. The molecular weight excluding hydrogens is 368 g/mol. The molecule has 0 amide bonds. The monoisotopic (exact) mass is 386 g/mol. The molecule has 1 fully saturated rings. The second-order valence-electron chi connectivity index (χ2n) is 6.42. The van der Waals surface area contributed by atoms with Gasteiger partial charge in [0.05, 0.1) is 36.1 Å². The van der Waals surface area contributed by atoms with E-state index in [0.717, 1.165) is 0 Å². The summed E-state index contributed by atoms with van der Waals surface area (Å²) >= 11 is 0. The number of rotatable bonds is 6. The maximum atomic E-state index is 11.1. The first-order valence-corrected chi connectivity index (χ1v) is 8.61. The summed E-state index contributed by atoms with van der Waals surface area (Å²) in [6, 6.07) is 6.37. The molecule has 0 radical (unpaired) electrons. The molecule has 0 aliphatic carbocycles. The van der Waals surface area contributed by atoms with Crippen molar-refractivity contribution >= 4 is 22.7 Å². The number of nitrogens with two attached hydrogens (primary N) is 1. The van der Waals surface area contributed by atoms with Gasteiger partial charge in [0.15, 0.2) is 11.5 Å². The van der Waals surface area contributed by atoms with E-state index in [2.05, 4.69) is 15.0 Å². The molecule has 1 aromatic carbocycles. The van der Waals surface area contributed by atoms with Crippen molar-refractivity contribution in [3.8, 4) is 0 Å². The van der Waals surface area contributed by atoms with Crippen LogP contribution in [-0.4, -0.2) is 48.4 Å². The lowest BCUT2D eigenvalue weighted by atomic mass is 10.2. The lowest BCUT2D eigenvalue weighted by Crippen LogP contribution is -2.26. The Labute approximate surface area is 158 Å². The Morgan fingerprint density at radius 2 is 2.18 bits per heavy atom. The number of aromatic nitrogens is 4. The Morgan fingerprint density at radius 1 is 1.36 bits per heavy atom. The number of nitrogen functional groups attached to an aromatic ring is 1. The number of para-hydroxylation sites is 1. The van der Waals surface area contributed by atoms with E-state index in [1.165, 1.54) is 12.4 Å². The van der Waals surface area contributed by atoms with Gasteiger partial charge in [0.25, 0.3) is 5.69 Å². The Hall–Kier alpha value is -3.15. The predicted molar refractivity (Wildman–Crippen MR) is 97.0 cm³/mol. The van der Waals surface area contributed by atoms with Crippen molar-refractivity contribution in [2.24, 2.45) is 0 Å². The van der Waals surface area contributed by atoms with Gasteiger partial charge in [-0.3, -0.25) is 14.7 Å². The topological polar surface area (TPSA) is 151 Å². The third kappa shape index (κ3) is 3.38.